The van der Waals surface area contributed by atoms with E-state index in [-0.39, 0.29) is 57.1 Å². The first-order valence-electron chi connectivity index (χ1n) is 5.79. The van der Waals surface area contributed by atoms with Crippen LogP contribution in [0.3, 0.4) is 0 Å². The molecule has 1 amide bonds. The number of rotatable bonds is 2. The zero-order chi connectivity index (χ0) is 14.8. The minimum atomic E-state index is -5.10. The van der Waals surface area contributed by atoms with Crippen LogP contribution in [-0.4, -0.2) is 18.7 Å². The molecule has 106 valence electrons. The second-order valence-corrected chi connectivity index (χ2v) is 5.33. The molecule has 0 bridgehead atoms. The van der Waals surface area contributed by atoms with Gasteiger partial charge in [0.2, 0.25) is 0 Å². The van der Waals surface area contributed by atoms with Gasteiger partial charge in [-0.05, 0) is 33.8 Å². The van der Waals surface area contributed by atoms with Gasteiger partial charge in [0.15, 0.2) is 0 Å². The SMILES string of the molecule is Cc1cc(NC(=O)OC(C)(C)C)cc([B-](F)(F)F)c1.[K+]. The van der Waals surface area contributed by atoms with Crippen LogP contribution >= 0.6 is 0 Å². The van der Waals surface area contributed by atoms with Crippen molar-refractivity contribution in [3.63, 3.8) is 0 Å². The molecule has 0 fully saturated rings. The molecule has 0 saturated heterocycles. The number of carbonyl (C=O) groups is 1. The fourth-order valence-electron chi connectivity index (χ4n) is 1.50. The van der Waals surface area contributed by atoms with Crippen molar-refractivity contribution >= 4 is 24.2 Å². The molecule has 8 heteroatoms. The van der Waals surface area contributed by atoms with Gasteiger partial charge in [0.25, 0.3) is 0 Å². The molecule has 0 aromatic heterocycles. The molecular formula is C12H16BF3KNO2. The molecule has 1 aromatic carbocycles. The van der Waals surface area contributed by atoms with Crippen LogP contribution in [0.5, 0.6) is 0 Å². The third kappa shape index (κ3) is 7.12. The van der Waals surface area contributed by atoms with Gasteiger partial charge < -0.3 is 17.7 Å². The van der Waals surface area contributed by atoms with Gasteiger partial charge in [0.05, 0.1) is 0 Å². The zero-order valence-electron chi connectivity index (χ0n) is 12.3. The molecule has 0 saturated carbocycles. The summed E-state index contributed by atoms with van der Waals surface area (Å²) in [6.45, 7) is 1.46. The Morgan fingerprint density at radius 2 is 1.75 bits per heavy atom. The van der Waals surface area contributed by atoms with Crippen molar-refractivity contribution in [2.75, 3.05) is 5.32 Å². The molecule has 0 aliphatic rings. The predicted octanol–water partition coefficient (Wildman–Crippen LogP) is 0.400. The van der Waals surface area contributed by atoms with Crippen LogP contribution < -0.4 is 62.2 Å². The fraction of sp³-hybridized carbons (Fsp3) is 0.417. The van der Waals surface area contributed by atoms with Gasteiger partial charge in [0.1, 0.15) is 5.60 Å². The molecule has 0 spiro atoms. The summed E-state index contributed by atoms with van der Waals surface area (Å²) in [7, 11) is 0. The van der Waals surface area contributed by atoms with E-state index in [1.807, 2.05) is 0 Å². The Balaban J connectivity index is 0.00000361. The Kier molecular flexibility index (Phi) is 7.30. The molecule has 1 aromatic rings. The van der Waals surface area contributed by atoms with Crippen molar-refractivity contribution in [2.24, 2.45) is 0 Å². The van der Waals surface area contributed by atoms with Gasteiger partial charge in [-0.1, -0.05) is 17.7 Å². The number of carbonyl (C=O) groups excluding carboxylic acids is 1. The number of nitrogens with one attached hydrogen (secondary N) is 1. The smallest absolute Gasteiger partial charge is 0.445 e. The molecule has 0 aliphatic carbocycles. The largest absolute Gasteiger partial charge is 1.00 e. The number of aryl methyl sites for hydroxylation is 1. The van der Waals surface area contributed by atoms with Crippen LogP contribution in [-0.2, 0) is 4.74 Å². The molecular weight excluding hydrogens is 297 g/mol. The first kappa shape index (κ1) is 20.0. The first-order valence-corrected chi connectivity index (χ1v) is 5.79. The van der Waals surface area contributed by atoms with E-state index in [2.05, 4.69) is 5.32 Å². The molecule has 0 atom stereocenters. The van der Waals surface area contributed by atoms with Gasteiger partial charge in [-0.3, -0.25) is 5.32 Å². The monoisotopic (exact) mass is 313 g/mol. The summed E-state index contributed by atoms with van der Waals surface area (Å²) >= 11 is 0. The normalized spacial score (nSPS) is 11.6. The minimum Gasteiger partial charge on any atom is -0.445 e. The molecule has 1 N–H and O–H groups in total. The summed E-state index contributed by atoms with van der Waals surface area (Å²) in [5.74, 6) is 0. The summed E-state index contributed by atoms with van der Waals surface area (Å²) in [4.78, 5) is 11.5. The average molecular weight is 313 g/mol. The Labute approximate surface area is 159 Å². The molecule has 1 rings (SSSR count). The number of ether oxygens (including phenoxy) is 1. The maximum absolute atomic E-state index is 12.7. The summed E-state index contributed by atoms with van der Waals surface area (Å²) in [5, 5.41) is 2.30. The first-order chi connectivity index (χ1) is 8.47. The number of amides is 1. The summed E-state index contributed by atoms with van der Waals surface area (Å²) in [6.07, 6.45) is -0.779. The van der Waals surface area contributed by atoms with E-state index < -0.39 is 24.1 Å². The Bertz CT molecular complexity index is 487. The fourth-order valence-corrected chi connectivity index (χ4v) is 1.50. The van der Waals surface area contributed by atoms with Crippen molar-refractivity contribution in [3.05, 3.63) is 23.8 Å². The van der Waals surface area contributed by atoms with Gasteiger partial charge >= 0.3 is 64.5 Å². The van der Waals surface area contributed by atoms with E-state index in [0.29, 0.717) is 5.56 Å². The summed E-state index contributed by atoms with van der Waals surface area (Å²) in [5.41, 5.74) is -0.956. The van der Waals surface area contributed by atoms with Crippen molar-refractivity contribution in [2.45, 2.75) is 33.3 Å². The van der Waals surface area contributed by atoms with E-state index >= 15 is 0 Å². The third-order valence-electron chi connectivity index (χ3n) is 2.12. The van der Waals surface area contributed by atoms with Crippen LogP contribution in [0.25, 0.3) is 0 Å². The maximum Gasteiger partial charge on any atom is 1.00 e. The second-order valence-electron chi connectivity index (χ2n) is 5.33. The predicted molar refractivity (Wildman–Crippen MR) is 69.7 cm³/mol. The molecule has 0 radical (unpaired) electrons. The number of hydrogen-bond donors (Lipinski definition) is 1. The van der Waals surface area contributed by atoms with Crippen LogP contribution in [0.1, 0.15) is 26.3 Å². The number of halogens is 3. The van der Waals surface area contributed by atoms with Gasteiger partial charge in [-0.2, -0.15) is 0 Å². The summed E-state index contributed by atoms with van der Waals surface area (Å²) in [6, 6.07) is 3.40. The molecule has 0 heterocycles. The van der Waals surface area contributed by atoms with E-state index in [1.165, 1.54) is 13.0 Å². The second kappa shape index (κ2) is 7.31. The van der Waals surface area contributed by atoms with E-state index in [1.54, 1.807) is 20.8 Å². The van der Waals surface area contributed by atoms with E-state index in [4.69, 9.17) is 4.74 Å². The van der Waals surface area contributed by atoms with Crippen molar-refractivity contribution in [1.82, 2.24) is 0 Å². The Hall–Kier alpha value is -0.0187. The maximum atomic E-state index is 12.7. The van der Waals surface area contributed by atoms with Crippen LogP contribution in [0.2, 0.25) is 0 Å². The van der Waals surface area contributed by atoms with Crippen LogP contribution in [0, 0.1) is 6.92 Å². The number of anilines is 1. The third-order valence-corrected chi connectivity index (χ3v) is 2.12. The van der Waals surface area contributed by atoms with E-state index in [0.717, 1.165) is 12.1 Å². The standard InChI is InChI=1S/C12H16BF3NO2.K/c1-8-5-9(13(14,15)16)7-10(6-8)17-11(18)19-12(2,3)4;/h5-7H,1-4H3,(H,17,18);/q-1;+1. The van der Waals surface area contributed by atoms with Crippen molar-refractivity contribution < 1.29 is 73.9 Å². The Morgan fingerprint density at radius 3 is 2.20 bits per heavy atom. The van der Waals surface area contributed by atoms with Crippen LogP contribution in [0.15, 0.2) is 18.2 Å². The van der Waals surface area contributed by atoms with Gasteiger partial charge in [-0.25, -0.2) is 4.79 Å². The van der Waals surface area contributed by atoms with E-state index in [9.17, 15) is 17.7 Å². The Morgan fingerprint density at radius 1 is 1.20 bits per heavy atom. The molecule has 0 aliphatic heterocycles. The van der Waals surface area contributed by atoms with Crippen molar-refractivity contribution in [3.8, 4) is 0 Å². The molecule has 3 nitrogen and oxygen atoms in total. The average Bonchev–Trinajstić information content (AvgIpc) is 2.11. The zero-order valence-corrected chi connectivity index (χ0v) is 15.4. The van der Waals surface area contributed by atoms with Gasteiger partial charge in [-0.15, -0.1) is 5.46 Å². The minimum absolute atomic E-state index is 0. The topological polar surface area (TPSA) is 38.3 Å². The quantitative estimate of drug-likeness (QED) is 0.803. The van der Waals surface area contributed by atoms with Crippen molar-refractivity contribution in [1.29, 1.82) is 0 Å². The molecule has 20 heavy (non-hydrogen) atoms. The van der Waals surface area contributed by atoms with Crippen LogP contribution in [0.4, 0.5) is 23.4 Å². The number of hydrogen-bond acceptors (Lipinski definition) is 2. The number of benzene rings is 1. The van der Waals surface area contributed by atoms with Gasteiger partial charge in [0, 0.05) is 5.69 Å². The molecule has 0 unspecified atom stereocenters. The summed E-state index contributed by atoms with van der Waals surface area (Å²) < 4.78 is 43.0.